The first-order chi connectivity index (χ1) is 21.5. The summed E-state index contributed by atoms with van der Waals surface area (Å²) in [5.41, 5.74) is 1.75. The highest BCUT2D eigenvalue weighted by atomic mass is 35.5. The molecule has 1 aliphatic heterocycles. The second-order valence-electron chi connectivity index (χ2n) is 9.55. The molecule has 0 aliphatic carbocycles. The van der Waals surface area contributed by atoms with Crippen LogP contribution in [0.5, 0.6) is 17.2 Å². The van der Waals surface area contributed by atoms with Gasteiger partial charge < -0.3 is 14.2 Å². The average molecular weight is 707 g/mol. The van der Waals surface area contributed by atoms with Crippen molar-refractivity contribution < 1.29 is 28.6 Å². The molecule has 4 amide bonds. The van der Waals surface area contributed by atoms with Crippen LogP contribution in [-0.2, 0) is 22.8 Å². The zero-order valence-electron chi connectivity index (χ0n) is 23.2. The number of carbonyl (C=O) groups is 3. The Hall–Kier alpha value is -3.92. The average Bonchev–Trinajstić information content (AvgIpc) is 3.00. The van der Waals surface area contributed by atoms with Gasteiger partial charge in [-0.1, -0.05) is 70.1 Å². The number of hydrogen-bond donors (Lipinski definition) is 1. The van der Waals surface area contributed by atoms with E-state index in [-0.39, 0.29) is 41.0 Å². The van der Waals surface area contributed by atoms with E-state index in [1.165, 1.54) is 31.4 Å². The molecule has 1 saturated heterocycles. The van der Waals surface area contributed by atoms with Crippen molar-refractivity contribution >= 4 is 87.6 Å². The summed E-state index contributed by atoms with van der Waals surface area (Å²) in [6.07, 6.45) is 1.31. The quantitative estimate of drug-likeness (QED) is 0.138. The number of ether oxygens (including phenoxy) is 3. The maximum atomic E-state index is 13.4. The van der Waals surface area contributed by atoms with Crippen molar-refractivity contribution in [3.05, 3.63) is 120 Å². The highest BCUT2D eigenvalue weighted by Crippen LogP contribution is 2.38. The van der Waals surface area contributed by atoms with Crippen LogP contribution in [-0.4, -0.2) is 25.0 Å². The summed E-state index contributed by atoms with van der Waals surface area (Å²) in [5.74, 6) is -0.744. The number of urea groups is 1. The van der Waals surface area contributed by atoms with Gasteiger partial charge in [0, 0.05) is 15.6 Å². The fourth-order valence-corrected chi connectivity index (χ4v) is 5.36. The molecule has 0 saturated carbocycles. The Morgan fingerprint density at radius 2 is 1.51 bits per heavy atom. The first-order valence-electron chi connectivity index (χ1n) is 13.1. The first kappa shape index (κ1) is 32.5. The predicted molar refractivity (Wildman–Crippen MR) is 175 cm³/mol. The van der Waals surface area contributed by atoms with Gasteiger partial charge in [0.15, 0.2) is 11.5 Å². The van der Waals surface area contributed by atoms with Crippen LogP contribution in [0.2, 0.25) is 25.1 Å². The van der Waals surface area contributed by atoms with Gasteiger partial charge in [0.25, 0.3) is 11.8 Å². The minimum absolute atomic E-state index is 0.115. The summed E-state index contributed by atoms with van der Waals surface area (Å²) in [4.78, 5) is 39.7. The molecule has 0 aromatic heterocycles. The molecule has 0 radical (unpaired) electrons. The molecule has 1 heterocycles. The molecular formula is C32H21Cl5N2O6. The lowest BCUT2D eigenvalue weighted by Crippen LogP contribution is -2.54. The highest BCUT2D eigenvalue weighted by molar-refractivity contribution is 6.42. The van der Waals surface area contributed by atoms with Gasteiger partial charge in [-0.3, -0.25) is 14.9 Å². The van der Waals surface area contributed by atoms with E-state index in [9.17, 15) is 14.4 Å². The van der Waals surface area contributed by atoms with Crippen LogP contribution < -0.4 is 24.4 Å². The van der Waals surface area contributed by atoms with E-state index in [1.54, 1.807) is 54.6 Å². The second-order valence-corrected chi connectivity index (χ2v) is 11.6. The smallest absolute Gasteiger partial charge is 0.335 e. The number of carbonyl (C=O) groups excluding carboxylic acids is 3. The Balaban J connectivity index is 1.33. The maximum Gasteiger partial charge on any atom is 0.335 e. The lowest BCUT2D eigenvalue weighted by Gasteiger charge is -2.26. The molecule has 0 unspecified atom stereocenters. The number of amides is 4. The van der Waals surface area contributed by atoms with Crippen molar-refractivity contribution in [3.63, 3.8) is 0 Å². The van der Waals surface area contributed by atoms with Crippen molar-refractivity contribution in [1.29, 1.82) is 0 Å². The van der Waals surface area contributed by atoms with Gasteiger partial charge in [0.2, 0.25) is 0 Å². The topological polar surface area (TPSA) is 94.2 Å². The van der Waals surface area contributed by atoms with E-state index in [0.717, 1.165) is 16.0 Å². The van der Waals surface area contributed by atoms with Crippen LogP contribution >= 0.6 is 58.0 Å². The van der Waals surface area contributed by atoms with Crippen LogP contribution in [0.25, 0.3) is 6.08 Å². The van der Waals surface area contributed by atoms with Gasteiger partial charge >= 0.3 is 6.03 Å². The van der Waals surface area contributed by atoms with Gasteiger partial charge in [-0.05, 0) is 77.9 Å². The third-order valence-corrected chi connectivity index (χ3v) is 8.14. The highest BCUT2D eigenvalue weighted by Gasteiger charge is 2.37. The Morgan fingerprint density at radius 3 is 2.20 bits per heavy atom. The minimum Gasteiger partial charge on any atom is -0.493 e. The largest absolute Gasteiger partial charge is 0.493 e. The molecule has 4 aromatic rings. The van der Waals surface area contributed by atoms with E-state index in [4.69, 9.17) is 72.2 Å². The fraction of sp³-hybridized carbons (Fsp3) is 0.0938. The summed E-state index contributed by atoms with van der Waals surface area (Å²) >= 11 is 30.7. The van der Waals surface area contributed by atoms with E-state index in [0.29, 0.717) is 31.4 Å². The molecule has 0 spiro atoms. The molecule has 230 valence electrons. The van der Waals surface area contributed by atoms with Gasteiger partial charge in [-0.25, -0.2) is 9.69 Å². The Morgan fingerprint density at radius 1 is 0.756 bits per heavy atom. The van der Waals surface area contributed by atoms with Crippen LogP contribution in [0.15, 0.2) is 78.4 Å². The number of barbiturate groups is 1. The summed E-state index contributed by atoms with van der Waals surface area (Å²) in [5, 5.41) is 4.12. The standard InChI is InChI=1S/C32H21Cl5N2O6/c1-43-28-13-18(12-27(37)29(28)45-15-17-2-9-24(34)26(36)11-17)10-23-30(40)38-32(42)39(31(23)41)21-5-7-22(8-6-21)44-16-19-3-4-20(33)14-25(19)35/h2-14H,15-16H2,1H3,(H,38,40,42)/b23-10+. The number of hydrogen-bond acceptors (Lipinski definition) is 6. The molecule has 8 nitrogen and oxygen atoms in total. The second kappa shape index (κ2) is 14.0. The normalized spacial score (nSPS) is 14.0. The summed E-state index contributed by atoms with van der Waals surface area (Å²) in [6, 6.07) is 18.5. The first-order valence-corrected chi connectivity index (χ1v) is 15.0. The fourth-order valence-electron chi connectivity index (χ4n) is 4.30. The van der Waals surface area contributed by atoms with E-state index >= 15 is 0 Å². The van der Waals surface area contributed by atoms with Gasteiger partial charge in [0.05, 0.1) is 27.9 Å². The maximum absolute atomic E-state index is 13.4. The third kappa shape index (κ3) is 7.49. The molecule has 1 N–H and O–H groups in total. The van der Waals surface area contributed by atoms with E-state index < -0.39 is 17.8 Å². The van der Waals surface area contributed by atoms with Crippen LogP contribution in [0.3, 0.4) is 0 Å². The van der Waals surface area contributed by atoms with E-state index in [1.807, 2.05) is 0 Å². The Labute approximate surface area is 282 Å². The molecule has 1 aliphatic rings. The number of benzene rings is 4. The lowest BCUT2D eigenvalue weighted by atomic mass is 10.1. The zero-order chi connectivity index (χ0) is 32.2. The SMILES string of the molecule is COc1cc(/C=C2\C(=O)NC(=O)N(c3ccc(OCc4ccc(Cl)cc4Cl)cc3)C2=O)cc(Cl)c1OCc1ccc(Cl)c(Cl)c1. The summed E-state index contributed by atoms with van der Waals surface area (Å²) < 4.78 is 17.1. The van der Waals surface area contributed by atoms with Crippen LogP contribution in [0.1, 0.15) is 16.7 Å². The number of anilines is 1. The van der Waals surface area contributed by atoms with Crippen molar-refractivity contribution in [2.75, 3.05) is 12.0 Å². The molecule has 13 heteroatoms. The molecule has 0 bridgehead atoms. The van der Waals surface area contributed by atoms with Gasteiger partial charge in [-0.2, -0.15) is 0 Å². The van der Waals surface area contributed by atoms with Gasteiger partial charge in [-0.15, -0.1) is 0 Å². The van der Waals surface area contributed by atoms with Crippen molar-refractivity contribution in [2.24, 2.45) is 0 Å². The Kier molecular flexibility index (Phi) is 10.1. The third-order valence-electron chi connectivity index (χ3n) is 6.54. The number of methoxy groups -OCH3 is 1. The molecule has 5 rings (SSSR count). The summed E-state index contributed by atoms with van der Waals surface area (Å²) in [6.45, 7) is 0.287. The van der Waals surface area contributed by atoms with Gasteiger partial charge in [0.1, 0.15) is 24.5 Å². The van der Waals surface area contributed by atoms with Crippen LogP contribution in [0.4, 0.5) is 10.5 Å². The Bertz CT molecular complexity index is 1840. The minimum atomic E-state index is -0.898. The van der Waals surface area contributed by atoms with E-state index in [2.05, 4.69) is 5.32 Å². The monoisotopic (exact) mass is 704 g/mol. The van der Waals surface area contributed by atoms with Crippen molar-refractivity contribution in [3.8, 4) is 17.2 Å². The number of rotatable bonds is 9. The van der Waals surface area contributed by atoms with Crippen molar-refractivity contribution in [1.82, 2.24) is 5.32 Å². The number of nitrogens with zero attached hydrogens (tertiary/aromatic N) is 1. The molecular weight excluding hydrogens is 686 g/mol. The molecule has 45 heavy (non-hydrogen) atoms. The number of imide groups is 2. The number of nitrogens with one attached hydrogen (secondary N) is 1. The predicted octanol–water partition coefficient (Wildman–Crippen LogP) is 8.79. The van der Waals surface area contributed by atoms with Crippen molar-refractivity contribution in [2.45, 2.75) is 13.2 Å². The summed E-state index contributed by atoms with van der Waals surface area (Å²) in [7, 11) is 1.42. The number of halogens is 5. The van der Waals surface area contributed by atoms with Crippen LogP contribution in [0, 0.1) is 0 Å². The zero-order valence-corrected chi connectivity index (χ0v) is 27.0. The molecule has 0 atom stereocenters. The lowest BCUT2D eigenvalue weighted by molar-refractivity contribution is -0.122. The molecule has 4 aromatic carbocycles. The molecule has 1 fully saturated rings.